The number of alkyl carbamates (subject to hydrolysis) is 1. The molecule has 0 saturated carbocycles. The first kappa shape index (κ1) is 20.7. The van der Waals surface area contributed by atoms with Crippen molar-refractivity contribution in [2.45, 2.75) is 52.2 Å². The van der Waals surface area contributed by atoms with Crippen LogP contribution in [0.25, 0.3) is 0 Å². The summed E-state index contributed by atoms with van der Waals surface area (Å²) >= 11 is 0. The summed E-state index contributed by atoms with van der Waals surface area (Å²) in [7, 11) is 0. The van der Waals surface area contributed by atoms with E-state index in [0.29, 0.717) is 0 Å². The number of ether oxygens (including phenoxy) is 2. The fourth-order valence-electron chi connectivity index (χ4n) is 2.06. The molecule has 1 rings (SSSR count). The average Bonchev–Trinajstić information content (AvgIpc) is 2.51. The number of carbonyl (C=O) groups excluding carboxylic acids is 2. The minimum absolute atomic E-state index is 0.193. The van der Waals surface area contributed by atoms with Crippen molar-refractivity contribution in [3.8, 4) is 0 Å². The molecule has 0 aliphatic carbocycles. The van der Waals surface area contributed by atoms with E-state index in [1.807, 2.05) is 30.3 Å². The third kappa shape index (κ3) is 8.88. The van der Waals surface area contributed by atoms with Gasteiger partial charge >= 0.3 is 12.1 Å². The van der Waals surface area contributed by atoms with Crippen molar-refractivity contribution in [3.05, 3.63) is 47.8 Å². The second kappa shape index (κ2) is 9.81. The van der Waals surface area contributed by atoms with Gasteiger partial charge in [-0.1, -0.05) is 30.3 Å². The van der Waals surface area contributed by atoms with Gasteiger partial charge in [-0.25, -0.2) is 9.18 Å². The minimum Gasteiger partial charge on any atom is -0.466 e. The molecule has 5 nitrogen and oxygen atoms in total. The fourth-order valence-corrected chi connectivity index (χ4v) is 2.06. The number of rotatable bonds is 7. The number of halogens is 1. The second-order valence-electron chi connectivity index (χ2n) is 6.49. The van der Waals surface area contributed by atoms with Crippen LogP contribution in [0.3, 0.4) is 0 Å². The molecule has 0 heterocycles. The van der Waals surface area contributed by atoms with Crippen molar-refractivity contribution < 1.29 is 23.5 Å². The second-order valence-corrected chi connectivity index (χ2v) is 6.49. The minimum atomic E-state index is -0.924. The number of esters is 1. The Morgan fingerprint density at radius 1 is 1.24 bits per heavy atom. The van der Waals surface area contributed by atoms with Crippen LogP contribution in [0.2, 0.25) is 0 Å². The molecule has 25 heavy (non-hydrogen) atoms. The van der Waals surface area contributed by atoms with Gasteiger partial charge in [0.25, 0.3) is 0 Å². The maximum absolute atomic E-state index is 14.5. The molecule has 1 N–H and O–H groups in total. The monoisotopic (exact) mass is 351 g/mol. The topological polar surface area (TPSA) is 64.6 Å². The lowest BCUT2D eigenvalue weighted by Crippen LogP contribution is -2.40. The summed E-state index contributed by atoms with van der Waals surface area (Å²) in [6, 6.07) is 8.27. The van der Waals surface area contributed by atoms with Gasteiger partial charge in [-0.15, -0.1) is 0 Å². The van der Waals surface area contributed by atoms with Crippen molar-refractivity contribution >= 4 is 12.1 Å². The molecular formula is C19H26FNO4. The van der Waals surface area contributed by atoms with Crippen LogP contribution in [0.1, 0.15) is 39.7 Å². The van der Waals surface area contributed by atoms with Crippen molar-refractivity contribution in [2.75, 3.05) is 6.61 Å². The van der Waals surface area contributed by atoms with Crippen LogP contribution in [0.15, 0.2) is 42.2 Å². The number of amides is 1. The van der Waals surface area contributed by atoms with Gasteiger partial charge in [0.1, 0.15) is 11.4 Å². The average molecular weight is 351 g/mol. The summed E-state index contributed by atoms with van der Waals surface area (Å²) in [5, 5.41) is 2.52. The predicted octanol–water partition coefficient (Wildman–Crippen LogP) is 3.93. The van der Waals surface area contributed by atoms with Gasteiger partial charge in [0.2, 0.25) is 0 Å². The lowest BCUT2D eigenvalue weighted by molar-refractivity contribution is -0.142. The lowest BCUT2D eigenvalue weighted by Gasteiger charge is -2.23. The molecule has 0 spiro atoms. The van der Waals surface area contributed by atoms with E-state index in [9.17, 15) is 14.0 Å². The van der Waals surface area contributed by atoms with Gasteiger partial charge in [-0.05, 0) is 45.8 Å². The highest BCUT2D eigenvalue weighted by Crippen LogP contribution is 2.14. The maximum atomic E-state index is 14.5. The number of carbonyl (C=O) groups is 2. The maximum Gasteiger partial charge on any atom is 0.408 e. The Kier molecular flexibility index (Phi) is 8.11. The van der Waals surface area contributed by atoms with Gasteiger partial charge in [-0.2, -0.15) is 0 Å². The molecular weight excluding hydrogens is 325 g/mol. The van der Waals surface area contributed by atoms with E-state index < -0.39 is 29.5 Å². The van der Waals surface area contributed by atoms with Crippen LogP contribution < -0.4 is 5.32 Å². The van der Waals surface area contributed by atoms with Crippen LogP contribution in [0.4, 0.5) is 9.18 Å². The molecule has 0 aliphatic heterocycles. The molecule has 0 fully saturated rings. The summed E-state index contributed by atoms with van der Waals surface area (Å²) in [6.45, 7) is 7.10. The third-order valence-corrected chi connectivity index (χ3v) is 3.08. The molecule has 1 atom stereocenters. The van der Waals surface area contributed by atoms with Crippen LogP contribution in [-0.4, -0.2) is 30.3 Å². The van der Waals surface area contributed by atoms with Gasteiger partial charge in [-0.3, -0.25) is 4.79 Å². The number of benzene rings is 1. The Hall–Kier alpha value is -2.37. The molecule has 0 unspecified atom stereocenters. The van der Waals surface area contributed by atoms with E-state index in [2.05, 4.69) is 5.32 Å². The van der Waals surface area contributed by atoms with Gasteiger partial charge in [0, 0.05) is 0 Å². The van der Waals surface area contributed by atoms with Gasteiger partial charge in [0.05, 0.1) is 19.1 Å². The van der Waals surface area contributed by atoms with Crippen molar-refractivity contribution in [1.82, 2.24) is 5.32 Å². The largest absolute Gasteiger partial charge is 0.466 e. The smallest absolute Gasteiger partial charge is 0.408 e. The van der Waals surface area contributed by atoms with Crippen LogP contribution in [0.5, 0.6) is 0 Å². The lowest BCUT2D eigenvalue weighted by atomic mass is 10.0. The zero-order chi connectivity index (χ0) is 18.9. The van der Waals surface area contributed by atoms with E-state index in [1.165, 1.54) is 0 Å². The number of hydrogen-bond acceptors (Lipinski definition) is 4. The zero-order valence-electron chi connectivity index (χ0n) is 15.2. The van der Waals surface area contributed by atoms with Crippen LogP contribution in [0, 0.1) is 0 Å². The Morgan fingerprint density at radius 3 is 2.44 bits per heavy atom. The van der Waals surface area contributed by atoms with E-state index in [0.717, 1.165) is 11.6 Å². The van der Waals surface area contributed by atoms with E-state index in [4.69, 9.17) is 9.47 Å². The van der Waals surface area contributed by atoms with Crippen molar-refractivity contribution in [1.29, 1.82) is 0 Å². The Balaban J connectivity index is 2.84. The fraction of sp³-hybridized carbons (Fsp3) is 0.474. The van der Waals surface area contributed by atoms with Crippen LogP contribution >= 0.6 is 0 Å². The molecule has 0 aromatic heterocycles. The Morgan fingerprint density at radius 2 is 1.88 bits per heavy atom. The standard InChI is InChI=1S/C19H26FNO4/c1-5-24-17(22)12-11-15(20)16(13-14-9-7-6-8-10-14)21-18(23)25-19(2,3)4/h6-11,16H,5,12-13H2,1-4H3,(H,21,23)/b15-11-/t16-/m0/s1. The molecule has 1 amide bonds. The van der Waals surface area contributed by atoms with Crippen molar-refractivity contribution in [3.63, 3.8) is 0 Å². The summed E-state index contributed by atoms with van der Waals surface area (Å²) in [5.74, 6) is -1.13. The Labute approximate surface area is 148 Å². The first-order valence-electron chi connectivity index (χ1n) is 8.26. The first-order chi connectivity index (χ1) is 11.7. The SMILES string of the molecule is CCOC(=O)C/C=C(\F)[C@H](Cc1ccccc1)NC(=O)OC(C)(C)C. The highest BCUT2D eigenvalue weighted by molar-refractivity contribution is 5.71. The molecule has 0 saturated heterocycles. The molecule has 0 aliphatic rings. The summed E-state index contributed by atoms with van der Waals surface area (Å²) in [6.07, 6.45) is 0.461. The summed E-state index contributed by atoms with van der Waals surface area (Å²) < 4.78 is 24.5. The predicted molar refractivity (Wildman–Crippen MR) is 93.7 cm³/mol. The normalized spacial score (nSPS) is 13.1. The number of nitrogens with one attached hydrogen (secondary N) is 1. The number of hydrogen-bond donors (Lipinski definition) is 1. The first-order valence-corrected chi connectivity index (χ1v) is 8.26. The van der Waals surface area contributed by atoms with Gasteiger partial charge < -0.3 is 14.8 Å². The molecule has 1 aromatic carbocycles. The van der Waals surface area contributed by atoms with E-state index in [1.54, 1.807) is 27.7 Å². The molecule has 6 heteroatoms. The quantitative estimate of drug-likeness (QED) is 0.756. The van der Waals surface area contributed by atoms with E-state index in [-0.39, 0.29) is 19.4 Å². The summed E-state index contributed by atoms with van der Waals surface area (Å²) in [4.78, 5) is 23.4. The molecule has 138 valence electrons. The molecule has 0 radical (unpaired) electrons. The van der Waals surface area contributed by atoms with Crippen LogP contribution in [-0.2, 0) is 20.7 Å². The molecule has 1 aromatic rings. The zero-order valence-corrected chi connectivity index (χ0v) is 15.2. The van der Waals surface area contributed by atoms with E-state index >= 15 is 0 Å². The van der Waals surface area contributed by atoms with Gasteiger partial charge in [0.15, 0.2) is 0 Å². The third-order valence-electron chi connectivity index (χ3n) is 3.08. The highest BCUT2D eigenvalue weighted by atomic mass is 19.1. The summed E-state index contributed by atoms with van der Waals surface area (Å²) in [5.41, 5.74) is 0.162. The Bertz CT molecular complexity index is 593. The van der Waals surface area contributed by atoms with Crippen molar-refractivity contribution in [2.24, 2.45) is 0 Å². The molecule has 0 bridgehead atoms. The highest BCUT2D eigenvalue weighted by Gasteiger charge is 2.22.